The van der Waals surface area contributed by atoms with Crippen LogP contribution in [0.2, 0.25) is 0 Å². The molecule has 1 aromatic carbocycles. The Labute approximate surface area is 118 Å². The molecule has 0 atom stereocenters. The minimum Gasteiger partial charge on any atom is -0.495 e. The van der Waals surface area contributed by atoms with E-state index in [1.54, 1.807) is 12.1 Å². The lowest BCUT2D eigenvalue weighted by Crippen LogP contribution is -2.31. The molecule has 0 spiro atoms. The monoisotopic (exact) mass is 280 g/mol. The Morgan fingerprint density at radius 1 is 1.35 bits per heavy atom. The van der Waals surface area contributed by atoms with Crippen molar-refractivity contribution in [2.45, 2.75) is 26.3 Å². The maximum absolute atomic E-state index is 11.7. The fourth-order valence-electron chi connectivity index (χ4n) is 1.58. The van der Waals surface area contributed by atoms with Crippen molar-refractivity contribution in [1.82, 2.24) is 5.32 Å². The summed E-state index contributed by atoms with van der Waals surface area (Å²) in [5, 5.41) is 2.71. The maximum Gasteiger partial charge on any atom is 0.338 e. The van der Waals surface area contributed by atoms with E-state index in [1.165, 1.54) is 13.2 Å². The highest BCUT2D eigenvalue weighted by molar-refractivity contribution is 5.91. The summed E-state index contributed by atoms with van der Waals surface area (Å²) in [5.74, 6) is -0.170. The molecule has 0 aliphatic carbocycles. The Morgan fingerprint density at radius 2 is 2.05 bits per heavy atom. The number of carbonyl (C=O) groups excluding carboxylic acids is 2. The molecule has 6 heteroatoms. The van der Waals surface area contributed by atoms with Crippen LogP contribution in [0, 0.1) is 0 Å². The van der Waals surface area contributed by atoms with Gasteiger partial charge in [0.05, 0.1) is 24.8 Å². The van der Waals surface area contributed by atoms with Crippen LogP contribution in [0.5, 0.6) is 5.75 Å². The Morgan fingerprint density at radius 3 is 2.60 bits per heavy atom. The zero-order chi connectivity index (χ0) is 15.1. The molecule has 0 radical (unpaired) electrons. The van der Waals surface area contributed by atoms with Crippen LogP contribution in [0.25, 0.3) is 0 Å². The van der Waals surface area contributed by atoms with Crippen LogP contribution in [-0.2, 0) is 9.53 Å². The SMILES string of the molecule is COc1ccc(C(=O)OCCC(=O)NC(C)C)cc1N. The van der Waals surface area contributed by atoms with Crippen molar-refractivity contribution in [2.24, 2.45) is 0 Å². The van der Waals surface area contributed by atoms with Crippen LogP contribution < -0.4 is 15.8 Å². The van der Waals surface area contributed by atoms with Crippen molar-refractivity contribution in [1.29, 1.82) is 0 Å². The molecule has 3 N–H and O–H groups in total. The third-order valence-electron chi connectivity index (χ3n) is 2.48. The van der Waals surface area contributed by atoms with Crippen LogP contribution in [0.4, 0.5) is 5.69 Å². The number of carbonyl (C=O) groups is 2. The van der Waals surface area contributed by atoms with Gasteiger partial charge in [0, 0.05) is 6.04 Å². The molecule has 0 aliphatic rings. The first-order valence-electron chi connectivity index (χ1n) is 6.34. The van der Waals surface area contributed by atoms with Gasteiger partial charge in [-0.1, -0.05) is 0 Å². The second-order valence-electron chi connectivity index (χ2n) is 4.56. The van der Waals surface area contributed by atoms with Crippen molar-refractivity contribution < 1.29 is 19.1 Å². The Bertz CT molecular complexity index is 486. The zero-order valence-electron chi connectivity index (χ0n) is 11.9. The molecule has 0 aliphatic heterocycles. The number of amides is 1. The van der Waals surface area contributed by atoms with E-state index in [1.807, 2.05) is 13.8 Å². The van der Waals surface area contributed by atoms with E-state index in [4.69, 9.17) is 15.2 Å². The summed E-state index contributed by atoms with van der Waals surface area (Å²) in [7, 11) is 1.50. The summed E-state index contributed by atoms with van der Waals surface area (Å²) < 4.78 is 10.0. The number of esters is 1. The summed E-state index contributed by atoms with van der Waals surface area (Å²) in [6, 6.07) is 4.71. The van der Waals surface area contributed by atoms with Crippen LogP contribution in [0.15, 0.2) is 18.2 Å². The molecule has 20 heavy (non-hydrogen) atoms. The smallest absolute Gasteiger partial charge is 0.338 e. The van der Waals surface area contributed by atoms with Gasteiger partial charge in [0.15, 0.2) is 0 Å². The van der Waals surface area contributed by atoms with Gasteiger partial charge in [-0.25, -0.2) is 4.79 Å². The number of anilines is 1. The van der Waals surface area contributed by atoms with Gasteiger partial charge in [-0.05, 0) is 32.0 Å². The molecule has 0 saturated carbocycles. The fourth-order valence-corrected chi connectivity index (χ4v) is 1.58. The van der Waals surface area contributed by atoms with E-state index in [2.05, 4.69) is 5.32 Å². The van der Waals surface area contributed by atoms with E-state index < -0.39 is 5.97 Å². The van der Waals surface area contributed by atoms with Gasteiger partial charge in [0.1, 0.15) is 12.4 Å². The number of methoxy groups -OCH3 is 1. The average Bonchev–Trinajstić information content (AvgIpc) is 2.37. The first kappa shape index (κ1) is 15.8. The number of benzene rings is 1. The lowest BCUT2D eigenvalue weighted by atomic mass is 10.2. The summed E-state index contributed by atoms with van der Waals surface area (Å²) in [5.41, 5.74) is 6.39. The molecule has 0 fully saturated rings. The predicted molar refractivity (Wildman–Crippen MR) is 75.6 cm³/mol. The molecule has 1 amide bonds. The van der Waals surface area contributed by atoms with E-state index in [0.717, 1.165) is 0 Å². The van der Waals surface area contributed by atoms with E-state index >= 15 is 0 Å². The van der Waals surface area contributed by atoms with Gasteiger partial charge in [-0.3, -0.25) is 4.79 Å². The van der Waals surface area contributed by atoms with Gasteiger partial charge in [0.25, 0.3) is 0 Å². The lowest BCUT2D eigenvalue weighted by Gasteiger charge is -2.09. The Kier molecular flexibility index (Phi) is 5.83. The summed E-state index contributed by atoms with van der Waals surface area (Å²) >= 11 is 0. The molecule has 110 valence electrons. The van der Waals surface area contributed by atoms with E-state index in [-0.39, 0.29) is 25.0 Å². The highest BCUT2D eigenvalue weighted by Gasteiger charge is 2.11. The minimum atomic E-state index is -0.517. The number of nitrogens with one attached hydrogen (secondary N) is 1. The van der Waals surface area contributed by atoms with Crippen LogP contribution >= 0.6 is 0 Å². The van der Waals surface area contributed by atoms with Crippen LogP contribution in [0.1, 0.15) is 30.6 Å². The second kappa shape index (κ2) is 7.37. The maximum atomic E-state index is 11.7. The average molecular weight is 280 g/mol. The first-order valence-corrected chi connectivity index (χ1v) is 6.34. The summed E-state index contributed by atoms with van der Waals surface area (Å²) in [4.78, 5) is 23.1. The highest BCUT2D eigenvalue weighted by atomic mass is 16.5. The van der Waals surface area contributed by atoms with Crippen molar-refractivity contribution in [3.63, 3.8) is 0 Å². The minimum absolute atomic E-state index is 0.0311. The molecular weight excluding hydrogens is 260 g/mol. The molecule has 1 rings (SSSR count). The standard InChI is InChI=1S/C14H20N2O4/c1-9(2)16-13(17)6-7-20-14(18)10-4-5-12(19-3)11(15)8-10/h4-5,8-9H,6-7,15H2,1-3H3,(H,16,17). The number of rotatable bonds is 6. The number of hydrogen-bond donors (Lipinski definition) is 2. The number of ether oxygens (including phenoxy) is 2. The van der Waals surface area contributed by atoms with Gasteiger partial charge in [-0.2, -0.15) is 0 Å². The van der Waals surface area contributed by atoms with Crippen molar-refractivity contribution >= 4 is 17.6 Å². The summed E-state index contributed by atoms with van der Waals surface area (Å²) in [6.45, 7) is 3.76. The van der Waals surface area contributed by atoms with E-state index in [0.29, 0.717) is 17.0 Å². The largest absolute Gasteiger partial charge is 0.495 e. The summed E-state index contributed by atoms with van der Waals surface area (Å²) in [6.07, 6.45) is 0.134. The number of nitrogen functional groups attached to an aromatic ring is 1. The quantitative estimate of drug-likeness (QED) is 0.606. The van der Waals surface area contributed by atoms with Gasteiger partial charge < -0.3 is 20.5 Å². The molecule has 0 saturated heterocycles. The molecule has 0 unspecified atom stereocenters. The van der Waals surface area contributed by atoms with Crippen molar-refractivity contribution in [3.05, 3.63) is 23.8 Å². The highest BCUT2D eigenvalue weighted by Crippen LogP contribution is 2.22. The Balaban J connectivity index is 2.47. The fraction of sp³-hybridized carbons (Fsp3) is 0.429. The normalized spacial score (nSPS) is 10.2. The first-order chi connectivity index (χ1) is 9.43. The molecular formula is C14H20N2O4. The molecule has 0 bridgehead atoms. The third-order valence-corrected chi connectivity index (χ3v) is 2.48. The van der Waals surface area contributed by atoms with Crippen LogP contribution in [-0.4, -0.2) is 31.6 Å². The van der Waals surface area contributed by atoms with E-state index in [9.17, 15) is 9.59 Å². The van der Waals surface area contributed by atoms with Gasteiger partial charge in [0.2, 0.25) is 5.91 Å². The lowest BCUT2D eigenvalue weighted by molar-refractivity contribution is -0.122. The topological polar surface area (TPSA) is 90.6 Å². The third kappa shape index (κ3) is 4.79. The Hall–Kier alpha value is -2.24. The second-order valence-corrected chi connectivity index (χ2v) is 4.56. The number of hydrogen-bond acceptors (Lipinski definition) is 5. The molecule has 6 nitrogen and oxygen atoms in total. The number of nitrogens with two attached hydrogens (primary N) is 1. The molecule has 0 aromatic heterocycles. The predicted octanol–water partition coefficient (Wildman–Crippen LogP) is 1.35. The van der Waals surface area contributed by atoms with Crippen LogP contribution in [0.3, 0.4) is 0 Å². The molecule has 0 heterocycles. The zero-order valence-corrected chi connectivity index (χ0v) is 11.9. The van der Waals surface area contributed by atoms with Gasteiger partial charge in [-0.15, -0.1) is 0 Å². The van der Waals surface area contributed by atoms with Crippen molar-refractivity contribution in [2.75, 3.05) is 19.5 Å². The molecule has 1 aromatic rings. The van der Waals surface area contributed by atoms with Gasteiger partial charge >= 0.3 is 5.97 Å². The van der Waals surface area contributed by atoms with Crippen molar-refractivity contribution in [3.8, 4) is 5.75 Å².